The van der Waals surface area contributed by atoms with Gasteiger partial charge in [-0.1, -0.05) is 80.8 Å². The van der Waals surface area contributed by atoms with Gasteiger partial charge in [-0.3, -0.25) is 4.79 Å². The highest BCUT2D eigenvalue weighted by atomic mass is 32.2. The molecule has 1 aliphatic rings. The molecule has 1 saturated heterocycles. The summed E-state index contributed by atoms with van der Waals surface area (Å²) in [7, 11) is 0. The minimum absolute atomic E-state index is 0.120. The lowest BCUT2D eigenvalue weighted by Gasteiger charge is -2.19. The van der Waals surface area contributed by atoms with E-state index in [1.807, 2.05) is 18.2 Å². The van der Waals surface area contributed by atoms with Gasteiger partial charge >= 0.3 is 0 Å². The average Bonchev–Trinajstić information content (AvgIpc) is 2.85. The quantitative estimate of drug-likeness (QED) is 0.548. The molecule has 2 aromatic rings. The topological polar surface area (TPSA) is 29.1 Å². The van der Waals surface area contributed by atoms with Crippen LogP contribution in [0.5, 0.6) is 0 Å². The first-order chi connectivity index (χ1) is 11.8. The molecule has 0 bridgehead atoms. The molecule has 0 spiro atoms. The third-order valence-corrected chi connectivity index (χ3v) is 5.91. The van der Waals surface area contributed by atoms with Gasteiger partial charge in [-0.25, -0.2) is 0 Å². The number of hydrogen-bond donors (Lipinski definition) is 1. The van der Waals surface area contributed by atoms with Crippen molar-refractivity contribution in [3.8, 4) is 0 Å². The number of thioether (sulfide) groups is 1. The van der Waals surface area contributed by atoms with Gasteiger partial charge in [0.1, 0.15) is 4.32 Å². The average molecular weight is 386 g/mol. The molecule has 0 saturated carbocycles. The van der Waals surface area contributed by atoms with E-state index in [-0.39, 0.29) is 11.3 Å². The number of nitrogens with one attached hydrogen (secondary N) is 1. The summed E-state index contributed by atoms with van der Waals surface area (Å²) < 4.78 is 0.515. The van der Waals surface area contributed by atoms with Gasteiger partial charge in [-0.15, -0.1) is 0 Å². The van der Waals surface area contributed by atoms with Crippen LogP contribution in [-0.4, -0.2) is 10.2 Å². The van der Waals surface area contributed by atoms with Crippen molar-refractivity contribution in [2.45, 2.75) is 36.0 Å². The molecule has 1 N–H and O–H groups in total. The van der Waals surface area contributed by atoms with Gasteiger partial charge in [0.15, 0.2) is 0 Å². The number of amides is 1. The van der Waals surface area contributed by atoms with Crippen molar-refractivity contribution in [2.24, 2.45) is 0 Å². The van der Waals surface area contributed by atoms with Crippen LogP contribution in [0.25, 0.3) is 6.08 Å². The molecule has 0 atom stereocenters. The number of benzene rings is 2. The minimum atomic E-state index is -0.120. The Morgan fingerprint density at radius 2 is 1.80 bits per heavy atom. The Labute approximate surface area is 162 Å². The highest BCUT2D eigenvalue weighted by Crippen LogP contribution is 2.32. The zero-order valence-corrected chi connectivity index (χ0v) is 16.8. The van der Waals surface area contributed by atoms with Crippen molar-refractivity contribution in [1.82, 2.24) is 5.32 Å². The molecule has 0 radical (unpaired) electrons. The maximum Gasteiger partial charge on any atom is 0.263 e. The molecule has 1 heterocycles. The summed E-state index contributed by atoms with van der Waals surface area (Å²) in [6.45, 7) is 6.65. The predicted octanol–water partition coefficient (Wildman–Crippen LogP) is 5.62. The minimum Gasteiger partial charge on any atom is -0.307 e. The van der Waals surface area contributed by atoms with Crippen LogP contribution in [0.15, 0.2) is 63.2 Å². The van der Waals surface area contributed by atoms with Gasteiger partial charge in [-0.05, 0) is 46.9 Å². The standard InChI is InChI=1S/C20H19NOS3/c1-20(2,3)14-7-9-15(10-8-14)24-16-6-4-5-13(11-16)12-17-18(22)21-19(23)25-17/h4-12H,1-3H3,(H,21,22,23). The summed E-state index contributed by atoms with van der Waals surface area (Å²) in [6, 6.07) is 16.9. The van der Waals surface area contributed by atoms with Crippen LogP contribution in [0.2, 0.25) is 0 Å². The zero-order valence-electron chi connectivity index (χ0n) is 14.3. The lowest BCUT2D eigenvalue weighted by Crippen LogP contribution is -2.17. The summed E-state index contributed by atoms with van der Waals surface area (Å²) in [4.78, 5) is 14.8. The van der Waals surface area contributed by atoms with Gasteiger partial charge in [0.25, 0.3) is 5.91 Å². The maximum atomic E-state index is 11.8. The van der Waals surface area contributed by atoms with E-state index in [9.17, 15) is 4.79 Å². The SMILES string of the molecule is CC(C)(C)c1ccc(Sc2cccc(C=C3SC(=S)NC3=O)c2)cc1. The molecule has 1 fully saturated rings. The van der Waals surface area contributed by atoms with Crippen LogP contribution >= 0.6 is 35.7 Å². The lowest BCUT2D eigenvalue weighted by atomic mass is 9.87. The Morgan fingerprint density at radius 1 is 1.08 bits per heavy atom. The molecule has 1 amide bonds. The van der Waals surface area contributed by atoms with Crippen LogP contribution < -0.4 is 5.32 Å². The van der Waals surface area contributed by atoms with Crippen molar-refractivity contribution in [3.63, 3.8) is 0 Å². The second kappa shape index (κ2) is 7.36. The van der Waals surface area contributed by atoms with E-state index in [1.54, 1.807) is 11.8 Å². The molecular formula is C20H19NOS3. The first-order valence-corrected chi connectivity index (χ1v) is 9.99. The Morgan fingerprint density at radius 3 is 2.40 bits per heavy atom. The van der Waals surface area contributed by atoms with Crippen LogP contribution in [0.4, 0.5) is 0 Å². The van der Waals surface area contributed by atoms with E-state index in [2.05, 4.69) is 62.5 Å². The summed E-state index contributed by atoms with van der Waals surface area (Å²) in [6.07, 6.45) is 1.88. The van der Waals surface area contributed by atoms with E-state index in [1.165, 1.54) is 22.2 Å². The summed E-state index contributed by atoms with van der Waals surface area (Å²) >= 11 is 8.05. The Balaban J connectivity index is 1.77. The molecule has 0 aliphatic carbocycles. The van der Waals surface area contributed by atoms with Crippen molar-refractivity contribution < 1.29 is 4.79 Å². The predicted molar refractivity (Wildman–Crippen MR) is 112 cm³/mol. The van der Waals surface area contributed by atoms with E-state index in [4.69, 9.17) is 12.2 Å². The van der Waals surface area contributed by atoms with Crippen molar-refractivity contribution >= 4 is 52.0 Å². The summed E-state index contributed by atoms with van der Waals surface area (Å²) in [5.74, 6) is -0.120. The van der Waals surface area contributed by atoms with E-state index >= 15 is 0 Å². The largest absolute Gasteiger partial charge is 0.307 e. The molecule has 128 valence electrons. The molecule has 2 nitrogen and oxygen atoms in total. The monoisotopic (exact) mass is 385 g/mol. The summed E-state index contributed by atoms with van der Waals surface area (Å²) in [5, 5.41) is 2.64. The molecule has 3 rings (SSSR count). The molecule has 25 heavy (non-hydrogen) atoms. The van der Waals surface area contributed by atoms with E-state index in [0.717, 1.165) is 10.5 Å². The van der Waals surface area contributed by atoms with Crippen molar-refractivity contribution in [3.05, 3.63) is 64.6 Å². The maximum absolute atomic E-state index is 11.8. The third kappa shape index (κ3) is 4.75. The molecule has 0 unspecified atom stereocenters. The zero-order chi connectivity index (χ0) is 18.0. The Bertz CT molecular complexity index is 848. The normalized spacial score (nSPS) is 16.4. The summed E-state index contributed by atoms with van der Waals surface area (Å²) in [5.41, 5.74) is 2.49. The Hall–Kier alpha value is -1.56. The number of carbonyl (C=O) groups is 1. The fourth-order valence-electron chi connectivity index (χ4n) is 2.40. The lowest BCUT2D eigenvalue weighted by molar-refractivity contribution is -0.115. The van der Waals surface area contributed by atoms with Gasteiger partial charge in [0.2, 0.25) is 0 Å². The van der Waals surface area contributed by atoms with E-state index in [0.29, 0.717) is 9.23 Å². The molecule has 0 aromatic heterocycles. The number of hydrogen-bond acceptors (Lipinski definition) is 4. The molecule has 1 aliphatic heterocycles. The van der Waals surface area contributed by atoms with Crippen LogP contribution in [0.3, 0.4) is 0 Å². The van der Waals surface area contributed by atoms with Gasteiger partial charge in [0.05, 0.1) is 4.91 Å². The van der Waals surface area contributed by atoms with Crippen LogP contribution in [0.1, 0.15) is 31.9 Å². The number of carbonyl (C=O) groups excluding carboxylic acids is 1. The van der Waals surface area contributed by atoms with Gasteiger partial charge in [-0.2, -0.15) is 0 Å². The second-order valence-electron chi connectivity index (χ2n) is 6.80. The van der Waals surface area contributed by atoms with Crippen molar-refractivity contribution in [1.29, 1.82) is 0 Å². The van der Waals surface area contributed by atoms with E-state index < -0.39 is 0 Å². The first kappa shape index (κ1) is 18.2. The van der Waals surface area contributed by atoms with Gasteiger partial charge in [0, 0.05) is 9.79 Å². The fraction of sp³-hybridized carbons (Fsp3) is 0.200. The molecular weight excluding hydrogens is 366 g/mol. The van der Waals surface area contributed by atoms with Gasteiger partial charge < -0.3 is 5.32 Å². The smallest absolute Gasteiger partial charge is 0.263 e. The third-order valence-electron chi connectivity index (χ3n) is 3.75. The molecule has 2 aromatic carbocycles. The first-order valence-electron chi connectivity index (χ1n) is 7.94. The fourth-order valence-corrected chi connectivity index (χ4v) is 4.33. The Kier molecular flexibility index (Phi) is 5.37. The second-order valence-corrected chi connectivity index (χ2v) is 9.67. The highest BCUT2D eigenvalue weighted by Gasteiger charge is 2.21. The number of rotatable bonds is 3. The number of thiocarbonyl (C=S) groups is 1. The van der Waals surface area contributed by atoms with Crippen molar-refractivity contribution in [2.75, 3.05) is 0 Å². The van der Waals surface area contributed by atoms with Crippen LogP contribution in [0, 0.1) is 0 Å². The highest BCUT2D eigenvalue weighted by molar-refractivity contribution is 8.26. The van der Waals surface area contributed by atoms with Crippen LogP contribution in [-0.2, 0) is 10.2 Å². The molecule has 5 heteroatoms.